The molecule has 0 N–H and O–H groups in total. The van der Waals surface area contributed by atoms with E-state index in [2.05, 4.69) is 47.4 Å². The van der Waals surface area contributed by atoms with Crippen molar-refractivity contribution >= 4 is 17.9 Å². The molecule has 32 heavy (non-hydrogen) atoms. The van der Waals surface area contributed by atoms with E-state index < -0.39 is 0 Å². The Morgan fingerprint density at radius 1 is 0.875 bits per heavy atom. The van der Waals surface area contributed by atoms with Crippen molar-refractivity contribution in [2.45, 2.75) is 32.2 Å². The minimum absolute atomic E-state index is 0.173. The van der Waals surface area contributed by atoms with Crippen LogP contribution in [-0.2, 0) is 24.2 Å². The molecule has 3 heterocycles. The van der Waals surface area contributed by atoms with Gasteiger partial charge in [-0.2, -0.15) is 0 Å². The minimum atomic E-state index is 0.173. The first kappa shape index (κ1) is 21.0. The highest BCUT2D eigenvalue weighted by Gasteiger charge is 2.25. The molecule has 0 aliphatic carbocycles. The molecule has 0 unspecified atom stereocenters. The van der Waals surface area contributed by atoms with Crippen molar-refractivity contribution < 1.29 is 9.59 Å². The van der Waals surface area contributed by atoms with Crippen LogP contribution >= 0.6 is 0 Å². The molecule has 3 aliphatic heterocycles. The highest BCUT2D eigenvalue weighted by atomic mass is 16.2. The third-order valence-corrected chi connectivity index (χ3v) is 7.15. The summed E-state index contributed by atoms with van der Waals surface area (Å²) in [6.07, 6.45) is 6.98. The van der Waals surface area contributed by atoms with Gasteiger partial charge in [0.25, 0.3) is 5.91 Å². The highest BCUT2D eigenvalue weighted by Crippen LogP contribution is 2.27. The van der Waals surface area contributed by atoms with Gasteiger partial charge in [-0.3, -0.25) is 14.5 Å². The number of rotatable bonds is 6. The Labute approximate surface area is 190 Å². The van der Waals surface area contributed by atoms with E-state index in [1.165, 1.54) is 22.3 Å². The molecule has 0 fully saturated rings. The van der Waals surface area contributed by atoms with E-state index in [1.807, 2.05) is 11.0 Å². The zero-order valence-electron chi connectivity index (χ0n) is 18.6. The van der Waals surface area contributed by atoms with Gasteiger partial charge in [-0.25, -0.2) is 0 Å². The topological polar surface area (TPSA) is 43.9 Å². The van der Waals surface area contributed by atoms with Gasteiger partial charge in [0.05, 0.1) is 0 Å². The van der Waals surface area contributed by atoms with E-state index in [9.17, 15) is 9.59 Å². The van der Waals surface area contributed by atoms with Gasteiger partial charge in [0.2, 0.25) is 6.41 Å². The van der Waals surface area contributed by atoms with E-state index in [-0.39, 0.29) is 5.91 Å². The third kappa shape index (κ3) is 4.35. The highest BCUT2D eigenvalue weighted by molar-refractivity contribution is 5.97. The first-order chi connectivity index (χ1) is 15.7. The fourth-order valence-electron chi connectivity index (χ4n) is 5.22. The number of hydrogen-bond donors (Lipinski definition) is 0. The van der Waals surface area contributed by atoms with Crippen molar-refractivity contribution in [3.05, 3.63) is 76.4 Å². The molecule has 0 radical (unpaired) electrons. The average Bonchev–Trinajstić information content (AvgIpc) is 2.85. The number of benzene rings is 2. The first-order valence-corrected chi connectivity index (χ1v) is 11.8. The molecule has 5 heteroatoms. The van der Waals surface area contributed by atoms with Crippen molar-refractivity contribution in [1.29, 1.82) is 0 Å². The summed E-state index contributed by atoms with van der Waals surface area (Å²) in [5.41, 5.74) is 7.43. The number of carbonyl (C=O) groups is 2. The molecule has 5 nitrogen and oxygen atoms in total. The van der Waals surface area contributed by atoms with E-state index >= 15 is 0 Å². The fraction of sp³-hybridized carbons (Fsp3) is 0.407. The van der Waals surface area contributed by atoms with Crippen LogP contribution in [0.25, 0.3) is 5.57 Å². The minimum Gasteiger partial charge on any atom is -0.341 e. The Morgan fingerprint density at radius 2 is 1.72 bits per heavy atom. The molecule has 2 amide bonds. The summed E-state index contributed by atoms with van der Waals surface area (Å²) in [4.78, 5) is 30.3. The van der Waals surface area contributed by atoms with Crippen LogP contribution in [0.15, 0.2) is 48.5 Å². The zero-order chi connectivity index (χ0) is 21.9. The average molecular weight is 430 g/mol. The van der Waals surface area contributed by atoms with Gasteiger partial charge in [0.1, 0.15) is 0 Å². The number of carbonyl (C=O) groups excluding carboxylic acids is 2. The number of hydrogen-bond acceptors (Lipinski definition) is 3. The number of amides is 2. The Balaban J connectivity index is 1.17. The molecule has 5 rings (SSSR count). The van der Waals surface area contributed by atoms with Crippen LogP contribution in [0.5, 0.6) is 0 Å². The predicted molar refractivity (Wildman–Crippen MR) is 126 cm³/mol. The molecular weight excluding hydrogens is 398 g/mol. The molecular formula is C27H31N3O2. The van der Waals surface area contributed by atoms with Crippen LogP contribution in [0.1, 0.15) is 45.5 Å². The van der Waals surface area contributed by atoms with Gasteiger partial charge in [-0.05, 0) is 59.6 Å². The molecule has 0 atom stereocenters. The Bertz CT molecular complexity index is 1040. The van der Waals surface area contributed by atoms with E-state index in [0.29, 0.717) is 6.54 Å². The monoisotopic (exact) mass is 429 g/mol. The van der Waals surface area contributed by atoms with Crippen LogP contribution in [0.4, 0.5) is 0 Å². The lowest BCUT2D eigenvalue weighted by Crippen LogP contribution is -2.40. The first-order valence-electron chi connectivity index (χ1n) is 11.8. The van der Waals surface area contributed by atoms with Crippen molar-refractivity contribution in [2.24, 2.45) is 0 Å². The second-order valence-electron chi connectivity index (χ2n) is 9.14. The van der Waals surface area contributed by atoms with Gasteiger partial charge < -0.3 is 9.80 Å². The van der Waals surface area contributed by atoms with Gasteiger partial charge in [-0.1, -0.05) is 42.5 Å². The van der Waals surface area contributed by atoms with Crippen LogP contribution in [0, 0.1) is 0 Å². The van der Waals surface area contributed by atoms with Crippen molar-refractivity contribution in [1.82, 2.24) is 14.7 Å². The maximum Gasteiger partial charge on any atom is 0.254 e. The number of fused-ring (bicyclic) bond motifs is 2. The van der Waals surface area contributed by atoms with Gasteiger partial charge in [0.15, 0.2) is 0 Å². The number of nitrogens with zero attached hydrogens (tertiary/aromatic N) is 3. The van der Waals surface area contributed by atoms with Crippen LogP contribution in [-0.4, -0.2) is 66.3 Å². The lowest BCUT2D eigenvalue weighted by atomic mass is 9.92. The Kier molecular flexibility index (Phi) is 6.08. The summed E-state index contributed by atoms with van der Waals surface area (Å²) in [7, 11) is 0. The third-order valence-electron chi connectivity index (χ3n) is 7.15. The van der Waals surface area contributed by atoms with E-state index in [0.717, 1.165) is 82.5 Å². The molecule has 0 bridgehead atoms. The molecule has 166 valence electrons. The van der Waals surface area contributed by atoms with Gasteiger partial charge >= 0.3 is 0 Å². The second kappa shape index (κ2) is 9.29. The molecule has 0 spiro atoms. The normalized spacial score (nSPS) is 18.8. The molecule has 2 aromatic rings. The van der Waals surface area contributed by atoms with Crippen LogP contribution < -0.4 is 0 Å². The fourth-order valence-corrected chi connectivity index (χ4v) is 5.22. The Hall–Kier alpha value is -2.92. The predicted octanol–water partition coefficient (Wildman–Crippen LogP) is 3.38. The quantitative estimate of drug-likeness (QED) is 0.662. The molecule has 0 saturated heterocycles. The standard InChI is InChI=1S/C27H31N3O2/c31-20-29-15-9-22(10-16-29)23-6-7-26-24(18-23)11-17-30(27(26)32)13-3-12-28-14-8-21-4-1-2-5-25(21)19-28/h1-2,4-7,9,18,20H,3,8,10-17,19H2. The van der Waals surface area contributed by atoms with E-state index in [4.69, 9.17) is 0 Å². The smallest absolute Gasteiger partial charge is 0.254 e. The van der Waals surface area contributed by atoms with Crippen LogP contribution in [0.2, 0.25) is 0 Å². The molecule has 2 aromatic carbocycles. The SMILES string of the molecule is O=CN1CC=C(c2ccc3c(c2)CCN(CCCN2CCc4ccccc4C2)C3=O)CC1. The van der Waals surface area contributed by atoms with Crippen molar-refractivity contribution in [3.63, 3.8) is 0 Å². The van der Waals surface area contributed by atoms with Gasteiger partial charge in [-0.15, -0.1) is 0 Å². The van der Waals surface area contributed by atoms with E-state index in [1.54, 1.807) is 4.90 Å². The van der Waals surface area contributed by atoms with Crippen molar-refractivity contribution in [2.75, 3.05) is 39.3 Å². The summed E-state index contributed by atoms with van der Waals surface area (Å²) < 4.78 is 0. The summed E-state index contributed by atoms with van der Waals surface area (Å²) in [5.74, 6) is 0.173. The maximum atomic E-state index is 13.1. The maximum absolute atomic E-state index is 13.1. The van der Waals surface area contributed by atoms with Crippen LogP contribution in [0.3, 0.4) is 0 Å². The van der Waals surface area contributed by atoms with Gasteiger partial charge in [0, 0.05) is 51.4 Å². The molecule has 0 aromatic heterocycles. The molecule has 3 aliphatic rings. The lowest BCUT2D eigenvalue weighted by molar-refractivity contribution is -0.117. The lowest BCUT2D eigenvalue weighted by Gasteiger charge is -2.32. The molecule has 0 saturated carbocycles. The summed E-state index contributed by atoms with van der Waals surface area (Å²) in [5, 5.41) is 0. The van der Waals surface area contributed by atoms with Crippen molar-refractivity contribution in [3.8, 4) is 0 Å². The second-order valence-corrected chi connectivity index (χ2v) is 9.14. The summed E-state index contributed by atoms with van der Waals surface area (Å²) in [6, 6.07) is 15.0. The Morgan fingerprint density at radius 3 is 2.53 bits per heavy atom. The zero-order valence-corrected chi connectivity index (χ0v) is 18.6. The largest absolute Gasteiger partial charge is 0.341 e. The summed E-state index contributed by atoms with van der Waals surface area (Å²) >= 11 is 0. The summed E-state index contributed by atoms with van der Waals surface area (Å²) in [6.45, 7) is 6.23.